The van der Waals surface area contributed by atoms with Crippen molar-refractivity contribution >= 4 is 56.8 Å². The van der Waals surface area contributed by atoms with Crippen molar-refractivity contribution in [2.24, 2.45) is 11.8 Å². The number of methoxy groups -OCH3 is 2. The summed E-state index contributed by atoms with van der Waals surface area (Å²) >= 11 is 0. The molecule has 15 heteroatoms. The summed E-state index contributed by atoms with van der Waals surface area (Å²) in [5, 5.41) is 7.09. The number of ether oxygens (including phenoxy) is 2. The number of H-pyrrole nitrogens is 2. The molecule has 55 heavy (non-hydrogen) atoms. The summed E-state index contributed by atoms with van der Waals surface area (Å²) in [6.45, 7) is 8.55. The molecule has 2 fully saturated rings. The SMILES string of the molecule is COC(=O)NC(C(=O)N1CCC[C@H]1c1nc2cc(-c3ccc4c(ccc5[nH]c([C@@H]6CCCN6C(=O)C(NC(=O)OC)C(C)C)nc54)c3)c(F)cc2[nH]1)C(C)C. The maximum atomic E-state index is 15.8. The maximum Gasteiger partial charge on any atom is 0.407 e. The van der Waals surface area contributed by atoms with Gasteiger partial charge in [-0.05, 0) is 66.7 Å². The van der Waals surface area contributed by atoms with Crippen LogP contribution in [0.25, 0.3) is 44.0 Å². The van der Waals surface area contributed by atoms with Crippen molar-refractivity contribution in [2.75, 3.05) is 27.3 Å². The van der Waals surface area contributed by atoms with E-state index in [4.69, 9.17) is 19.4 Å². The fourth-order valence-corrected chi connectivity index (χ4v) is 7.96. The number of hydrogen-bond donors (Lipinski definition) is 4. The van der Waals surface area contributed by atoms with Crippen LogP contribution in [0.5, 0.6) is 0 Å². The van der Waals surface area contributed by atoms with Gasteiger partial charge in [0, 0.05) is 30.1 Å². The number of rotatable bonds is 9. The van der Waals surface area contributed by atoms with Crippen LogP contribution in [-0.4, -0.2) is 93.1 Å². The van der Waals surface area contributed by atoms with Crippen LogP contribution in [-0.2, 0) is 19.1 Å². The zero-order valence-electron chi connectivity index (χ0n) is 31.9. The number of hydrogen-bond acceptors (Lipinski definition) is 8. The predicted octanol–water partition coefficient (Wildman–Crippen LogP) is 6.49. The van der Waals surface area contributed by atoms with Gasteiger partial charge in [0.25, 0.3) is 0 Å². The summed E-state index contributed by atoms with van der Waals surface area (Å²) < 4.78 is 25.3. The van der Waals surface area contributed by atoms with Crippen LogP contribution in [0.2, 0.25) is 0 Å². The van der Waals surface area contributed by atoms with Crippen LogP contribution in [0.1, 0.15) is 77.1 Å². The Hall–Kier alpha value is -5.73. The number of halogens is 1. The second kappa shape index (κ2) is 15.2. The van der Waals surface area contributed by atoms with E-state index in [2.05, 4.69) is 20.6 Å². The fourth-order valence-electron chi connectivity index (χ4n) is 7.96. The quantitative estimate of drug-likeness (QED) is 0.132. The van der Waals surface area contributed by atoms with Crippen molar-refractivity contribution in [3.63, 3.8) is 0 Å². The Morgan fingerprint density at radius 2 is 1.33 bits per heavy atom. The Morgan fingerprint density at radius 3 is 1.89 bits per heavy atom. The molecule has 3 aromatic carbocycles. The van der Waals surface area contributed by atoms with Gasteiger partial charge in [-0.1, -0.05) is 45.9 Å². The highest BCUT2D eigenvalue weighted by Crippen LogP contribution is 2.37. The highest BCUT2D eigenvalue weighted by Gasteiger charge is 2.39. The van der Waals surface area contributed by atoms with Crippen molar-refractivity contribution in [3.05, 3.63) is 59.9 Å². The minimum absolute atomic E-state index is 0.142. The number of likely N-dealkylation sites (tertiary alicyclic amines) is 2. The smallest absolute Gasteiger partial charge is 0.407 e. The lowest BCUT2D eigenvalue weighted by Crippen LogP contribution is -2.51. The Labute approximate surface area is 317 Å². The molecule has 0 saturated carbocycles. The van der Waals surface area contributed by atoms with Gasteiger partial charge in [0.2, 0.25) is 11.8 Å². The third-order valence-corrected chi connectivity index (χ3v) is 10.9. The first-order valence-electron chi connectivity index (χ1n) is 18.8. The van der Waals surface area contributed by atoms with Crippen molar-refractivity contribution in [1.82, 2.24) is 40.4 Å². The molecule has 0 bridgehead atoms. The molecule has 4 heterocycles. The molecule has 290 valence electrons. The molecule has 2 unspecified atom stereocenters. The highest BCUT2D eigenvalue weighted by molar-refractivity contribution is 6.05. The number of amides is 4. The largest absolute Gasteiger partial charge is 0.453 e. The number of carbonyl (C=O) groups is 4. The van der Waals surface area contributed by atoms with Crippen LogP contribution in [0.15, 0.2) is 42.5 Å². The number of imidazole rings is 2. The second-order valence-electron chi connectivity index (χ2n) is 15.1. The number of aromatic amines is 2. The summed E-state index contributed by atoms with van der Waals surface area (Å²) in [4.78, 5) is 71.3. The zero-order chi connectivity index (χ0) is 39.1. The Bertz CT molecular complexity index is 2280. The Balaban J connectivity index is 1.15. The van der Waals surface area contributed by atoms with Gasteiger partial charge in [-0.2, -0.15) is 0 Å². The van der Waals surface area contributed by atoms with Gasteiger partial charge in [-0.25, -0.2) is 23.9 Å². The Morgan fingerprint density at radius 1 is 0.764 bits per heavy atom. The average Bonchev–Trinajstić information content (AvgIpc) is 3.99. The number of nitrogens with zero attached hydrogens (tertiary/aromatic N) is 4. The predicted molar refractivity (Wildman–Crippen MR) is 204 cm³/mol. The van der Waals surface area contributed by atoms with Gasteiger partial charge in [0.1, 0.15) is 29.5 Å². The summed E-state index contributed by atoms with van der Waals surface area (Å²) in [5.74, 6) is 0.118. The number of fused-ring (bicyclic) bond motifs is 4. The minimum Gasteiger partial charge on any atom is -0.453 e. The fraction of sp³-hybridized carbons (Fsp3) is 0.450. The molecule has 2 aliphatic heterocycles. The third kappa shape index (κ3) is 7.14. The van der Waals surface area contributed by atoms with Crippen molar-refractivity contribution < 1.29 is 33.0 Å². The van der Waals surface area contributed by atoms with Crippen LogP contribution in [0.4, 0.5) is 14.0 Å². The molecule has 4 amide bonds. The number of carbonyl (C=O) groups excluding carboxylic acids is 4. The standard InChI is InChI=1S/C40H47FN8O6/c1-20(2)32(46-39(52)54-5)37(50)48-15-7-9-30(48)35-43-28-18-25(26(41)19-29(28)44-35)23-11-13-24-22(17-23)12-14-27-34(24)45-36(42-27)31-10-8-16-49(31)38(51)33(21(3)4)47-40(53)55-6/h11-14,17-21,30-33H,7-10,15-16H2,1-6H3,(H,42,45)(H,43,44)(H,46,52)(H,47,53)/t30-,31-,32?,33?/m0/s1. The topological polar surface area (TPSA) is 175 Å². The molecule has 2 saturated heterocycles. The van der Waals surface area contributed by atoms with E-state index in [-0.39, 0.29) is 35.7 Å². The molecular formula is C40H47FN8O6. The van der Waals surface area contributed by atoms with Gasteiger partial charge in [0.05, 0.1) is 48.4 Å². The van der Waals surface area contributed by atoms with E-state index >= 15 is 4.39 Å². The molecular weight excluding hydrogens is 707 g/mol. The van der Waals surface area contributed by atoms with Gasteiger partial charge in [-0.3, -0.25) is 9.59 Å². The van der Waals surface area contributed by atoms with Gasteiger partial charge < -0.3 is 39.9 Å². The second-order valence-corrected chi connectivity index (χ2v) is 15.1. The van der Waals surface area contributed by atoms with Gasteiger partial charge in [0.15, 0.2) is 0 Å². The molecule has 5 aromatic rings. The van der Waals surface area contributed by atoms with E-state index < -0.39 is 30.1 Å². The highest BCUT2D eigenvalue weighted by atomic mass is 19.1. The van der Waals surface area contributed by atoms with E-state index in [9.17, 15) is 19.2 Å². The van der Waals surface area contributed by atoms with E-state index in [1.807, 2.05) is 58.0 Å². The summed E-state index contributed by atoms with van der Waals surface area (Å²) in [7, 11) is 2.54. The van der Waals surface area contributed by atoms with Gasteiger partial charge in [-0.15, -0.1) is 0 Å². The van der Waals surface area contributed by atoms with E-state index in [1.54, 1.807) is 15.9 Å². The van der Waals surface area contributed by atoms with Crippen molar-refractivity contribution in [2.45, 2.75) is 77.5 Å². The first-order valence-corrected chi connectivity index (χ1v) is 18.8. The molecule has 0 aliphatic carbocycles. The van der Waals surface area contributed by atoms with Crippen LogP contribution >= 0.6 is 0 Å². The molecule has 2 aromatic heterocycles. The lowest BCUT2D eigenvalue weighted by molar-refractivity contribution is -0.136. The summed E-state index contributed by atoms with van der Waals surface area (Å²) in [5.41, 5.74) is 3.72. The van der Waals surface area contributed by atoms with Crippen molar-refractivity contribution in [1.29, 1.82) is 0 Å². The zero-order valence-corrected chi connectivity index (χ0v) is 31.9. The molecule has 2 aliphatic rings. The molecule has 7 rings (SSSR count). The first kappa shape index (κ1) is 37.6. The van der Waals surface area contributed by atoms with E-state index in [1.165, 1.54) is 20.3 Å². The molecule has 4 N–H and O–H groups in total. The Kier molecular flexibility index (Phi) is 10.4. The maximum absolute atomic E-state index is 15.8. The number of benzene rings is 3. The lowest BCUT2D eigenvalue weighted by atomic mass is 9.99. The molecule has 4 atom stereocenters. The minimum atomic E-state index is -0.760. The molecule has 0 radical (unpaired) electrons. The summed E-state index contributed by atoms with van der Waals surface area (Å²) in [6.07, 6.45) is 1.66. The average molecular weight is 755 g/mol. The van der Waals surface area contributed by atoms with Crippen molar-refractivity contribution in [3.8, 4) is 11.1 Å². The molecule has 14 nitrogen and oxygen atoms in total. The number of aromatic nitrogens is 4. The lowest BCUT2D eigenvalue weighted by Gasteiger charge is -2.29. The third-order valence-electron chi connectivity index (χ3n) is 10.9. The van der Waals surface area contributed by atoms with Crippen LogP contribution < -0.4 is 10.6 Å². The number of alkyl carbamates (subject to hydrolysis) is 2. The molecule has 0 spiro atoms. The van der Waals surface area contributed by atoms with Crippen LogP contribution in [0.3, 0.4) is 0 Å². The monoisotopic (exact) mass is 754 g/mol. The van der Waals surface area contributed by atoms with Gasteiger partial charge >= 0.3 is 12.2 Å². The first-order chi connectivity index (χ1) is 26.4. The number of nitrogens with one attached hydrogen (secondary N) is 4. The van der Waals surface area contributed by atoms with E-state index in [0.29, 0.717) is 53.3 Å². The summed E-state index contributed by atoms with van der Waals surface area (Å²) in [6, 6.07) is 10.7. The normalized spacial score (nSPS) is 18.4. The van der Waals surface area contributed by atoms with E-state index in [0.717, 1.165) is 41.1 Å². The van der Waals surface area contributed by atoms with Crippen LogP contribution in [0, 0.1) is 17.7 Å².